The third-order valence-electron chi connectivity index (χ3n) is 4.48. The number of carbonyl (C=O) groups excluding carboxylic acids is 3. The zero-order valence-electron chi connectivity index (χ0n) is 18.2. The molecule has 0 aliphatic rings. The summed E-state index contributed by atoms with van der Waals surface area (Å²) in [6.45, 7) is 3.26. The second-order valence-electron chi connectivity index (χ2n) is 6.72. The lowest BCUT2D eigenvalue weighted by atomic mass is 10.3. The summed E-state index contributed by atoms with van der Waals surface area (Å²) in [6, 6.07) is 6.35. The number of esters is 1. The molecular weight excluding hydrogens is 440 g/mol. The Hall–Kier alpha value is -3.41. The van der Waals surface area contributed by atoms with Gasteiger partial charge in [0.15, 0.2) is 9.84 Å². The highest BCUT2D eigenvalue weighted by Gasteiger charge is 2.34. The van der Waals surface area contributed by atoms with E-state index in [1.807, 2.05) is 0 Å². The first-order chi connectivity index (χ1) is 15.1. The fourth-order valence-corrected chi connectivity index (χ4v) is 4.43. The molecule has 0 saturated heterocycles. The summed E-state index contributed by atoms with van der Waals surface area (Å²) in [5.41, 5.74) is 0.379. The molecule has 174 valence electrons. The second kappa shape index (κ2) is 10.8. The van der Waals surface area contributed by atoms with Gasteiger partial charge in [-0.2, -0.15) is 5.10 Å². The Morgan fingerprint density at radius 1 is 1.12 bits per heavy atom. The lowest BCUT2D eigenvalue weighted by molar-refractivity contribution is -0.115. The summed E-state index contributed by atoms with van der Waals surface area (Å²) in [5.74, 6) is -2.67. The highest BCUT2D eigenvalue weighted by molar-refractivity contribution is 7.93. The first-order valence-electron chi connectivity index (χ1n) is 9.78. The quantitative estimate of drug-likeness (QED) is 0.499. The number of hydrogen-bond acceptors (Lipinski definition) is 8. The maximum atomic E-state index is 12.8. The minimum atomic E-state index is -4.16. The number of benzene rings is 1. The first kappa shape index (κ1) is 24.9. The molecule has 0 bridgehead atoms. The van der Waals surface area contributed by atoms with Gasteiger partial charge in [-0.1, -0.05) is 6.92 Å². The minimum absolute atomic E-state index is 0.00443. The molecule has 1 heterocycles. The van der Waals surface area contributed by atoms with Crippen molar-refractivity contribution in [1.29, 1.82) is 0 Å². The molecule has 2 amide bonds. The number of amides is 2. The van der Waals surface area contributed by atoms with Crippen LogP contribution in [0, 0.1) is 0 Å². The van der Waals surface area contributed by atoms with Crippen molar-refractivity contribution in [2.24, 2.45) is 7.05 Å². The van der Waals surface area contributed by atoms with Crippen molar-refractivity contribution in [2.75, 3.05) is 30.1 Å². The van der Waals surface area contributed by atoms with Crippen LogP contribution in [0.1, 0.15) is 30.6 Å². The van der Waals surface area contributed by atoms with Crippen LogP contribution in [0.3, 0.4) is 0 Å². The van der Waals surface area contributed by atoms with Crippen molar-refractivity contribution in [2.45, 2.75) is 25.5 Å². The third-order valence-corrected chi connectivity index (χ3v) is 6.56. The SMILES string of the molecule is CCOC(=O)c1cnn(C)c1NC(=O)C(CC)S(=O)(=O)CC(=O)Nc1ccc(OC)cc1. The summed E-state index contributed by atoms with van der Waals surface area (Å²) in [5, 5.41) is 7.31. The van der Waals surface area contributed by atoms with Gasteiger partial charge in [0.05, 0.1) is 19.9 Å². The number of nitrogens with zero attached hydrogens (tertiary/aromatic N) is 2. The molecule has 1 aromatic heterocycles. The van der Waals surface area contributed by atoms with Gasteiger partial charge in [0.2, 0.25) is 11.8 Å². The van der Waals surface area contributed by atoms with E-state index in [1.165, 1.54) is 32.0 Å². The lowest BCUT2D eigenvalue weighted by Crippen LogP contribution is -2.39. The number of aromatic nitrogens is 2. The van der Waals surface area contributed by atoms with Crippen LogP contribution in [0.15, 0.2) is 30.5 Å². The van der Waals surface area contributed by atoms with E-state index in [2.05, 4.69) is 15.7 Å². The zero-order chi connectivity index (χ0) is 23.9. The summed E-state index contributed by atoms with van der Waals surface area (Å²) in [4.78, 5) is 37.1. The normalized spacial score (nSPS) is 12.0. The van der Waals surface area contributed by atoms with Gasteiger partial charge in [0.25, 0.3) is 0 Å². The molecule has 0 saturated carbocycles. The van der Waals surface area contributed by atoms with Gasteiger partial charge in [0.1, 0.15) is 28.1 Å². The zero-order valence-corrected chi connectivity index (χ0v) is 19.1. The number of carbonyl (C=O) groups is 3. The summed E-state index contributed by atoms with van der Waals surface area (Å²) >= 11 is 0. The van der Waals surface area contributed by atoms with E-state index < -0.39 is 38.6 Å². The smallest absolute Gasteiger partial charge is 0.343 e. The van der Waals surface area contributed by atoms with Crippen molar-refractivity contribution in [3.63, 3.8) is 0 Å². The van der Waals surface area contributed by atoms with Crippen LogP contribution in [0.5, 0.6) is 5.75 Å². The lowest BCUT2D eigenvalue weighted by Gasteiger charge is -2.16. The molecule has 0 radical (unpaired) electrons. The van der Waals surface area contributed by atoms with Crippen molar-refractivity contribution in [3.8, 4) is 5.75 Å². The Morgan fingerprint density at radius 2 is 1.78 bits per heavy atom. The number of hydrogen-bond donors (Lipinski definition) is 2. The van der Waals surface area contributed by atoms with Gasteiger partial charge in [-0.25, -0.2) is 13.2 Å². The molecule has 2 aromatic rings. The maximum Gasteiger partial charge on any atom is 0.343 e. The molecule has 1 aromatic carbocycles. The van der Waals surface area contributed by atoms with Crippen LogP contribution in [0.4, 0.5) is 11.5 Å². The molecule has 32 heavy (non-hydrogen) atoms. The van der Waals surface area contributed by atoms with Crippen molar-refractivity contribution in [1.82, 2.24) is 9.78 Å². The fourth-order valence-electron chi connectivity index (χ4n) is 2.90. The van der Waals surface area contributed by atoms with E-state index in [0.717, 1.165) is 0 Å². The molecule has 2 N–H and O–H groups in total. The van der Waals surface area contributed by atoms with E-state index in [1.54, 1.807) is 31.2 Å². The molecule has 0 aliphatic carbocycles. The summed E-state index contributed by atoms with van der Waals surface area (Å²) in [6.07, 6.45) is 1.14. The molecule has 11 nitrogen and oxygen atoms in total. The highest BCUT2D eigenvalue weighted by Crippen LogP contribution is 2.19. The van der Waals surface area contributed by atoms with Gasteiger partial charge < -0.3 is 20.1 Å². The topological polar surface area (TPSA) is 146 Å². The van der Waals surface area contributed by atoms with Crippen LogP contribution in [0.25, 0.3) is 0 Å². The van der Waals surface area contributed by atoms with E-state index in [-0.39, 0.29) is 24.4 Å². The Morgan fingerprint density at radius 3 is 2.34 bits per heavy atom. The van der Waals surface area contributed by atoms with Gasteiger partial charge in [-0.15, -0.1) is 0 Å². The van der Waals surface area contributed by atoms with Gasteiger partial charge in [0, 0.05) is 12.7 Å². The summed E-state index contributed by atoms with van der Waals surface area (Å²) < 4.78 is 36.7. The van der Waals surface area contributed by atoms with Crippen molar-refractivity contribution >= 4 is 39.1 Å². The predicted molar refractivity (Wildman–Crippen MR) is 117 cm³/mol. The van der Waals surface area contributed by atoms with Crippen LogP contribution < -0.4 is 15.4 Å². The van der Waals surface area contributed by atoms with Crippen molar-refractivity contribution in [3.05, 3.63) is 36.0 Å². The Kier molecular flexibility index (Phi) is 8.35. The van der Waals surface area contributed by atoms with Crippen LogP contribution in [-0.2, 0) is 31.2 Å². The minimum Gasteiger partial charge on any atom is -0.497 e. The maximum absolute atomic E-state index is 12.8. The molecule has 1 unspecified atom stereocenters. The van der Waals surface area contributed by atoms with Crippen LogP contribution >= 0.6 is 0 Å². The molecule has 1 atom stereocenters. The Labute approximate surface area is 186 Å². The van der Waals surface area contributed by atoms with Crippen LogP contribution in [0.2, 0.25) is 0 Å². The number of methoxy groups -OCH3 is 1. The fraction of sp³-hybridized carbons (Fsp3) is 0.400. The third kappa shape index (κ3) is 6.06. The molecule has 12 heteroatoms. The highest BCUT2D eigenvalue weighted by atomic mass is 32.2. The van der Waals surface area contributed by atoms with E-state index >= 15 is 0 Å². The van der Waals surface area contributed by atoms with Gasteiger partial charge in [-0.3, -0.25) is 14.3 Å². The number of aryl methyl sites for hydroxylation is 1. The van der Waals surface area contributed by atoms with E-state index in [9.17, 15) is 22.8 Å². The number of anilines is 2. The molecule has 2 rings (SSSR count). The average molecular weight is 467 g/mol. The number of sulfone groups is 1. The number of nitrogens with one attached hydrogen (secondary N) is 2. The first-order valence-corrected chi connectivity index (χ1v) is 11.5. The second-order valence-corrected chi connectivity index (χ2v) is 8.90. The number of ether oxygens (including phenoxy) is 2. The Balaban J connectivity index is 2.12. The largest absolute Gasteiger partial charge is 0.497 e. The van der Waals surface area contributed by atoms with Gasteiger partial charge >= 0.3 is 5.97 Å². The Bertz CT molecular complexity index is 1080. The van der Waals surface area contributed by atoms with E-state index in [0.29, 0.717) is 11.4 Å². The van der Waals surface area contributed by atoms with Crippen molar-refractivity contribution < 1.29 is 32.3 Å². The monoisotopic (exact) mass is 466 g/mol. The molecule has 0 fully saturated rings. The standard InChI is InChI=1S/C20H26N4O7S/c1-5-16(19(26)23-18-15(11-21-24(18)3)20(27)31-6-2)32(28,29)12-17(25)22-13-7-9-14(30-4)10-8-13/h7-11,16H,5-6,12H2,1-4H3,(H,22,25)(H,23,26). The molecule has 0 spiro atoms. The molecular formula is C20H26N4O7S. The average Bonchev–Trinajstić information content (AvgIpc) is 3.08. The number of rotatable bonds is 10. The van der Waals surface area contributed by atoms with Gasteiger partial charge in [-0.05, 0) is 37.6 Å². The predicted octanol–water partition coefficient (Wildman–Crippen LogP) is 1.38. The summed E-state index contributed by atoms with van der Waals surface area (Å²) in [7, 11) is -1.18. The van der Waals surface area contributed by atoms with E-state index in [4.69, 9.17) is 9.47 Å². The molecule has 0 aliphatic heterocycles. The van der Waals surface area contributed by atoms with Crippen LogP contribution in [-0.4, -0.2) is 60.7 Å².